The normalized spacial score (nSPS) is 10.0. The summed E-state index contributed by atoms with van der Waals surface area (Å²) in [6.07, 6.45) is 0. The zero-order chi connectivity index (χ0) is 17.5. The molecule has 0 heterocycles. The van der Waals surface area contributed by atoms with Crippen LogP contribution < -0.4 is 0 Å². The second-order valence-corrected chi connectivity index (χ2v) is 5.59. The third-order valence-corrected chi connectivity index (χ3v) is 4.02. The third-order valence-electron chi connectivity index (χ3n) is 3.02. The summed E-state index contributed by atoms with van der Waals surface area (Å²) in [5, 5.41) is 9.02. The lowest BCUT2D eigenvalue weighted by molar-refractivity contribution is -0.763. The molecule has 0 aromatic heterocycles. The number of ether oxygens (including phenoxy) is 1. The molecule has 0 radical (unpaired) electrons. The van der Waals surface area contributed by atoms with Crippen LogP contribution in [-0.2, 0) is 16.2 Å². The summed E-state index contributed by atoms with van der Waals surface area (Å²) < 4.78 is 4.69. The SMILES string of the molecule is COC(=O)c1ccccc1SC(=O)c1ccc(CO[N+](=O)[O-])cc1. The van der Waals surface area contributed by atoms with Gasteiger partial charge in [-0.2, -0.15) is 0 Å². The van der Waals surface area contributed by atoms with Gasteiger partial charge in [-0.25, -0.2) is 4.79 Å². The highest BCUT2D eigenvalue weighted by atomic mass is 32.2. The van der Waals surface area contributed by atoms with E-state index < -0.39 is 11.1 Å². The number of carbonyl (C=O) groups excluding carboxylic acids is 2. The Labute approximate surface area is 141 Å². The summed E-state index contributed by atoms with van der Waals surface area (Å²) in [4.78, 5) is 38.9. The highest BCUT2D eigenvalue weighted by Gasteiger charge is 2.16. The molecule has 0 fully saturated rings. The van der Waals surface area contributed by atoms with Gasteiger partial charge in [-0.1, -0.05) is 36.4 Å². The van der Waals surface area contributed by atoms with Gasteiger partial charge in [0.05, 0.1) is 12.7 Å². The predicted octanol–water partition coefficient (Wildman–Crippen LogP) is 3.11. The Kier molecular flexibility index (Phi) is 5.91. The molecular weight excluding hydrogens is 334 g/mol. The fraction of sp³-hybridized carbons (Fsp3) is 0.125. The minimum Gasteiger partial charge on any atom is -0.465 e. The van der Waals surface area contributed by atoms with Gasteiger partial charge >= 0.3 is 5.97 Å². The van der Waals surface area contributed by atoms with Gasteiger partial charge in [-0.15, -0.1) is 10.1 Å². The van der Waals surface area contributed by atoms with Crippen LogP contribution in [0.3, 0.4) is 0 Å². The van der Waals surface area contributed by atoms with Crippen molar-refractivity contribution >= 4 is 22.8 Å². The Bertz CT molecular complexity index is 759. The molecular formula is C16H13NO6S. The van der Waals surface area contributed by atoms with Gasteiger partial charge in [0.1, 0.15) is 6.61 Å². The maximum absolute atomic E-state index is 12.3. The second-order valence-electron chi connectivity index (χ2n) is 4.57. The van der Waals surface area contributed by atoms with E-state index >= 15 is 0 Å². The van der Waals surface area contributed by atoms with Crippen molar-refractivity contribution in [3.63, 3.8) is 0 Å². The van der Waals surface area contributed by atoms with E-state index in [-0.39, 0.29) is 11.7 Å². The molecule has 7 nitrogen and oxygen atoms in total. The van der Waals surface area contributed by atoms with Gasteiger partial charge in [-0.3, -0.25) is 4.79 Å². The second kappa shape index (κ2) is 8.11. The standard InChI is InChI=1S/C16H13NO6S/c1-22-15(18)13-4-2-3-5-14(13)24-16(19)12-8-6-11(7-9-12)10-23-17(20)21/h2-9H,10H2,1H3. The van der Waals surface area contributed by atoms with Crippen molar-refractivity contribution in [2.75, 3.05) is 7.11 Å². The largest absolute Gasteiger partial charge is 0.465 e. The van der Waals surface area contributed by atoms with E-state index in [1.165, 1.54) is 7.11 Å². The first-order chi connectivity index (χ1) is 11.5. The first-order valence-corrected chi connectivity index (χ1v) is 7.58. The average Bonchev–Trinajstić information content (AvgIpc) is 2.60. The van der Waals surface area contributed by atoms with E-state index in [1.807, 2.05) is 0 Å². The smallest absolute Gasteiger partial charge is 0.339 e. The summed E-state index contributed by atoms with van der Waals surface area (Å²) in [6.45, 7) is -0.181. The maximum Gasteiger partial charge on any atom is 0.339 e. The molecule has 0 spiro atoms. The highest BCUT2D eigenvalue weighted by molar-refractivity contribution is 8.14. The lowest BCUT2D eigenvalue weighted by Gasteiger charge is -2.07. The average molecular weight is 347 g/mol. The molecule has 2 rings (SSSR count). The number of nitrogens with zero attached hydrogens (tertiary/aromatic N) is 1. The Morgan fingerprint density at radius 2 is 1.79 bits per heavy atom. The number of methoxy groups -OCH3 is 1. The molecule has 0 atom stereocenters. The van der Waals surface area contributed by atoms with Gasteiger partial charge in [0.2, 0.25) is 5.12 Å². The molecule has 24 heavy (non-hydrogen) atoms. The van der Waals surface area contributed by atoms with Crippen LogP contribution in [0, 0.1) is 10.1 Å². The molecule has 0 aliphatic rings. The molecule has 0 aliphatic carbocycles. The summed E-state index contributed by atoms with van der Waals surface area (Å²) >= 11 is 0.912. The zero-order valence-electron chi connectivity index (χ0n) is 12.6. The Morgan fingerprint density at radius 1 is 1.12 bits per heavy atom. The first-order valence-electron chi connectivity index (χ1n) is 6.77. The van der Waals surface area contributed by atoms with Gasteiger partial charge < -0.3 is 9.57 Å². The summed E-state index contributed by atoms with van der Waals surface area (Å²) in [6, 6.07) is 12.9. The maximum atomic E-state index is 12.3. The minimum atomic E-state index is -0.876. The lowest BCUT2D eigenvalue weighted by Crippen LogP contribution is -2.04. The van der Waals surface area contributed by atoms with Crippen LogP contribution in [0.25, 0.3) is 0 Å². The van der Waals surface area contributed by atoms with Crippen molar-refractivity contribution in [2.24, 2.45) is 0 Å². The van der Waals surface area contributed by atoms with Crippen molar-refractivity contribution in [1.29, 1.82) is 0 Å². The van der Waals surface area contributed by atoms with E-state index in [2.05, 4.69) is 4.84 Å². The lowest BCUT2D eigenvalue weighted by atomic mass is 10.1. The number of thioether (sulfide) groups is 1. The Hall–Kier alpha value is -2.87. The highest BCUT2D eigenvalue weighted by Crippen LogP contribution is 2.27. The van der Waals surface area contributed by atoms with Crippen LogP contribution in [0.4, 0.5) is 0 Å². The molecule has 8 heteroatoms. The van der Waals surface area contributed by atoms with E-state index in [1.54, 1.807) is 48.5 Å². The number of hydrogen-bond acceptors (Lipinski definition) is 7. The van der Waals surface area contributed by atoms with Crippen LogP contribution in [0.15, 0.2) is 53.4 Å². The zero-order valence-corrected chi connectivity index (χ0v) is 13.4. The molecule has 0 N–H and O–H groups in total. The quantitative estimate of drug-likeness (QED) is 0.343. The number of esters is 1. The van der Waals surface area contributed by atoms with Crippen molar-refractivity contribution < 1.29 is 24.3 Å². The van der Waals surface area contributed by atoms with Crippen LogP contribution >= 0.6 is 11.8 Å². The van der Waals surface area contributed by atoms with E-state index in [0.717, 1.165) is 11.8 Å². The Morgan fingerprint density at radius 3 is 2.42 bits per heavy atom. The van der Waals surface area contributed by atoms with Crippen LogP contribution in [0.5, 0.6) is 0 Å². The summed E-state index contributed by atoms with van der Waals surface area (Å²) in [5.74, 6) is -0.516. The van der Waals surface area contributed by atoms with Gasteiger partial charge in [0.15, 0.2) is 0 Å². The fourth-order valence-corrected chi connectivity index (χ4v) is 2.72. The molecule has 0 saturated heterocycles. The topological polar surface area (TPSA) is 95.7 Å². The molecule has 0 amide bonds. The van der Waals surface area contributed by atoms with E-state index in [4.69, 9.17) is 4.74 Å². The molecule has 0 saturated carbocycles. The minimum absolute atomic E-state index is 0.181. The Balaban J connectivity index is 2.10. The van der Waals surface area contributed by atoms with Crippen molar-refractivity contribution in [1.82, 2.24) is 0 Å². The predicted molar refractivity (Wildman–Crippen MR) is 86.2 cm³/mol. The monoisotopic (exact) mass is 347 g/mol. The first kappa shape index (κ1) is 17.5. The number of rotatable bonds is 6. The van der Waals surface area contributed by atoms with Gasteiger partial charge in [0.25, 0.3) is 5.09 Å². The van der Waals surface area contributed by atoms with Crippen molar-refractivity contribution in [3.05, 3.63) is 75.3 Å². The van der Waals surface area contributed by atoms with Crippen molar-refractivity contribution in [2.45, 2.75) is 11.5 Å². The molecule has 0 unspecified atom stereocenters. The number of benzene rings is 2. The fourth-order valence-electron chi connectivity index (χ4n) is 1.86. The molecule has 0 aliphatic heterocycles. The molecule has 0 bridgehead atoms. The number of hydrogen-bond donors (Lipinski definition) is 0. The van der Waals surface area contributed by atoms with Crippen LogP contribution in [0.2, 0.25) is 0 Å². The third kappa shape index (κ3) is 4.56. The van der Waals surface area contributed by atoms with Crippen LogP contribution in [-0.4, -0.2) is 23.3 Å². The molecule has 2 aromatic carbocycles. The van der Waals surface area contributed by atoms with E-state index in [0.29, 0.717) is 21.6 Å². The summed E-state index contributed by atoms with van der Waals surface area (Å²) in [5.41, 5.74) is 1.29. The van der Waals surface area contributed by atoms with Crippen molar-refractivity contribution in [3.8, 4) is 0 Å². The van der Waals surface area contributed by atoms with E-state index in [9.17, 15) is 19.7 Å². The van der Waals surface area contributed by atoms with Gasteiger partial charge in [-0.05, 0) is 29.5 Å². The van der Waals surface area contributed by atoms with Crippen LogP contribution in [0.1, 0.15) is 26.3 Å². The summed E-state index contributed by atoms with van der Waals surface area (Å²) in [7, 11) is 1.28. The molecule has 124 valence electrons. The van der Waals surface area contributed by atoms with Gasteiger partial charge in [0, 0.05) is 10.5 Å². The molecule has 2 aromatic rings. The number of carbonyl (C=O) groups is 2.